The van der Waals surface area contributed by atoms with Crippen molar-refractivity contribution in [3.63, 3.8) is 0 Å². The van der Waals surface area contributed by atoms with Crippen molar-refractivity contribution in [1.82, 2.24) is 4.98 Å². The van der Waals surface area contributed by atoms with E-state index >= 15 is 0 Å². The van der Waals surface area contributed by atoms with Crippen LogP contribution in [0.15, 0.2) is 29.7 Å². The van der Waals surface area contributed by atoms with Crippen LogP contribution in [0.3, 0.4) is 0 Å². The lowest BCUT2D eigenvalue weighted by Crippen LogP contribution is -2.03. The molecule has 1 aromatic rings. The van der Waals surface area contributed by atoms with Crippen LogP contribution in [0.25, 0.3) is 0 Å². The molecule has 0 aliphatic heterocycles. The third-order valence-electron chi connectivity index (χ3n) is 2.23. The van der Waals surface area contributed by atoms with Gasteiger partial charge in [-0.1, -0.05) is 11.6 Å². The van der Waals surface area contributed by atoms with Crippen LogP contribution in [0, 0.1) is 0 Å². The molecular weight excluding hydrogens is 190 g/mol. The van der Waals surface area contributed by atoms with Crippen LogP contribution in [0.1, 0.15) is 31.2 Å². The summed E-state index contributed by atoms with van der Waals surface area (Å²) in [7, 11) is 0. The Morgan fingerprint density at radius 3 is 2.87 bits per heavy atom. The van der Waals surface area contributed by atoms with E-state index in [0.717, 1.165) is 37.8 Å². The first-order valence-corrected chi connectivity index (χ1v) is 5.20. The Morgan fingerprint density at radius 2 is 2.27 bits per heavy atom. The first kappa shape index (κ1) is 11.7. The van der Waals surface area contributed by atoms with Crippen LogP contribution < -0.4 is 5.73 Å². The van der Waals surface area contributed by atoms with Crippen LogP contribution in [-0.2, 0) is 0 Å². The van der Waals surface area contributed by atoms with Gasteiger partial charge in [0.15, 0.2) is 0 Å². The van der Waals surface area contributed by atoms with Gasteiger partial charge in [-0.15, -0.1) is 0 Å². The van der Waals surface area contributed by atoms with E-state index in [1.807, 2.05) is 12.1 Å². The van der Waals surface area contributed by atoms with Gasteiger partial charge in [0.25, 0.3) is 0 Å². The van der Waals surface area contributed by atoms with Gasteiger partial charge in [0, 0.05) is 18.0 Å². The van der Waals surface area contributed by atoms with E-state index in [2.05, 4.69) is 10.1 Å². The highest BCUT2D eigenvalue weighted by Crippen LogP contribution is 2.07. The van der Waals surface area contributed by atoms with Crippen molar-refractivity contribution in [3.8, 4) is 0 Å². The van der Waals surface area contributed by atoms with Crippen molar-refractivity contribution in [1.29, 1.82) is 0 Å². The Hall–Kier alpha value is -1.42. The van der Waals surface area contributed by atoms with E-state index in [-0.39, 0.29) is 0 Å². The third kappa shape index (κ3) is 4.08. The molecule has 0 radical (unpaired) electrons. The molecule has 4 nitrogen and oxygen atoms in total. The quantitative estimate of drug-likeness (QED) is 0.323. The van der Waals surface area contributed by atoms with Gasteiger partial charge in [0.05, 0.1) is 5.71 Å². The van der Waals surface area contributed by atoms with Crippen LogP contribution in [-0.4, -0.2) is 22.4 Å². The van der Waals surface area contributed by atoms with Gasteiger partial charge in [-0.2, -0.15) is 0 Å². The normalized spacial score (nSPS) is 11.7. The van der Waals surface area contributed by atoms with Crippen LogP contribution in [0.4, 0.5) is 0 Å². The number of rotatable bonds is 6. The zero-order valence-electron chi connectivity index (χ0n) is 8.76. The first-order chi connectivity index (χ1) is 7.38. The number of aromatic nitrogens is 1. The minimum Gasteiger partial charge on any atom is -0.411 e. The molecule has 0 fully saturated rings. The molecule has 0 spiro atoms. The molecule has 3 N–H and O–H groups in total. The molecule has 0 saturated heterocycles. The van der Waals surface area contributed by atoms with Crippen molar-refractivity contribution in [3.05, 3.63) is 30.1 Å². The maximum Gasteiger partial charge on any atom is 0.0883 e. The van der Waals surface area contributed by atoms with Gasteiger partial charge in [-0.3, -0.25) is 4.98 Å². The van der Waals surface area contributed by atoms with E-state index in [0.29, 0.717) is 5.71 Å². The monoisotopic (exact) mass is 207 g/mol. The largest absolute Gasteiger partial charge is 0.411 e. The zero-order chi connectivity index (χ0) is 10.9. The standard InChI is InChI=1S/C11H17N3O/c12-7-3-1-2-6-11(14-15)10-5-4-8-13-9-10/h4-5,8-9,15H,1-3,6-7,12H2/b14-11-. The molecule has 0 unspecified atom stereocenters. The van der Waals surface area contributed by atoms with Gasteiger partial charge >= 0.3 is 0 Å². The molecule has 1 aromatic heterocycles. The van der Waals surface area contributed by atoms with Gasteiger partial charge in [0.1, 0.15) is 0 Å². The maximum absolute atomic E-state index is 8.87. The minimum atomic E-state index is 0.695. The number of hydrogen-bond acceptors (Lipinski definition) is 4. The zero-order valence-corrected chi connectivity index (χ0v) is 8.76. The fraction of sp³-hybridized carbons (Fsp3) is 0.455. The molecule has 0 aliphatic rings. The van der Waals surface area contributed by atoms with Crippen LogP contribution in [0.5, 0.6) is 0 Å². The van der Waals surface area contributed by atoms with Crippen molar-refractivity contribution >= 4 is 5.71 Å². The molecule has 0 saturated carbocycles. The van der Waals surface area contributed by atoms with Crippen molar-refractivity contribution in [2.24, 2.45) is 10.9 Å². The minimum absolute atomic E-state index is 0.695. The molecule has 82 valence electrons. The van der Waals surface area contributed by atoms with Gasteiger partial charge in [-0.25, -0.2) is 0 Å². The second-order valence-corrected chi connectivity index (χ2v) is 3.39. The number of nitrogens with zero attached hydrogens (tertiary/aromatic N) is 2. The van der Waals surface area contributed by atoms with Gasteiger partial charge in [0.2, 0.25) is 0 Å². The number of nitrogens with two attached hydrogens (primary N) is 1. The van der Waals surface area contributed by atoms with Crippen molar-refractivity contribution in [2.45, 2.75) is 25.7 Å². The average Bonchev–Trinajstić information content (AvgIpc) is 2.30. The summed E-state index contributed by atoms with van der Waals surface area (Å²) in [5.41, 5.74) is 6.98. The Labute approximate surface area is 89.8 Å². The summed E-state index contributed by atoms with van der Waals surface area (Å²) in [5, 5.41) is 12.2. The summed E-state index contributed by atoms with van der Waals surface area (Å²) in [6, 6.07) is 3.73. The predicted octanol–water partition coefficient (Wildman–Crippen LogP) is 1.78. The Bertz CT molecular complexity index is 298. The fourth-order valence-corrected chi connectivity index (χ4v) is 1.40. The summed E-state index contributed by atoms with van der Waals surface area (Å²) in [4.78, 5) is 3.99. The SMILES string of the molecule is NCCCCC/C(=N/O)c1cccnc1. The lowest BCUT2D eigenvalue weighted by Gasteiger charge is -2.03. The van der Waals surface area contributed by atoms with E-state index in [1.54, 1.807) is 12.4 Å². The fourth-order valence-electron chi connectivity index (χ4n) is 1.40. The van der Waals surface area contributed by atoms with E-state index in [4.69, 9.17) is 10.9 Å². The van der Waals surface area contributed by atoms with Crippen molar-refractivity contribution in [2.75, 3.05) is 6.54 Å². The number of oxime groups is 1. The summed E-state index contributed by atoms with van der Waals surface area (Å²) >= 11 is 0. The smallest absolute Gasteiger partial charge is 0.0883 e. The Kier molecular flexibility index (Phi) is 5.40. The molecular formula is C11H17N3O. The predicted molar refractivity (Wildman–Crippen MR) is 60.1 cm³/mol. The lowest BCUT2D eigenvalue weighted by atomic mass is 10.1. The highest BCUT2D eigenvalue weighted by Gasteiger charge is 2.03. The molecule has 4 heteroatoms. The van der Waals surface area contributed by atoms with Gasteiger partial charge < -0.3 is 10.9 Å². The summed E-state index contributed by atoms with van der Waals surface area (Å²) < 4.78 is 0. The maximum atomic E-state index is 8.87. The van der Waals surface area contributed by atoms with Crippen molar-refractivity contribution < 1.29 is 5.21 Å². The number of pyridine rings is 1. The molecule has 0 bridgehead atoms. The molecule has 0 aliphatic carbocycles. The molecule has 0 atom stereocenters. The molecule has 1 rings (SSSR count). The van der Waals surface area contributed by atoms with Crippen LogP contribution in [0.2, 0.25) is 0 Å². The van der Waals surface area contributed by atoms with Gasteiger partial charge in [-0.05, 0) is 37.9 Å². The highest BCUT2D eigenvalue weighted by atomic mass is 16.4. The number of unbranched alkanes of at least 4 members (excludes halogenated alkanes) is 2. The molecule has 0 aromatic carbocycles. The lowest BCUT2D eigenvalue weighted by molar-refractivity contribution is 0.317. The average molecular weight is 207 g/mol. The van der Waals surface area contributed by atoms with E-state index in [1.165, 1.54) is 0 Å². The molecule has 1 heterocycles. The third-order valence-corrected chi connectivity index (χ3v) is 2.23. The Morgan fingerprint density at radius 1 is 1.40 bits per heavy atom. The summed E-state index contributed by atoms with van der Waals surface area (Å²) in [6.07, 6.45) is 7.25. The highest BCUT2D eigenvalue weighted by molar-refractivity contribution is 5.99. The first-order valence-electron chi connectivity index (χ1n) is 5.20. The number of hydrogen-bond donors (Lipinski definition) is 2. The molecule has 15 heavy (non-hydrogen) atoms. The molecule has 0 amide bonds. The topological polar surface area (TPSA) is 71.5 Å². The van der Waals surface area contributed by atoms with E-state index < -0.39 is 0 Å². The van der Waals surface area contributed by atoms with Crippen LogP contribution >= 0.6 is 0 Å². The second-order valence-electron chi connectivity index (χ2n) is 3.39. The Balaban J connectivity index is 2.44. The summed E-state index contributed by atoms with van der Waals surface area (Å²) in [5.74, 6) is 0. The summed E-state index contributed by atoms with van der Waals surface area (Å²) in [6.45, 7) is 0.721. The van der Waals surface area contributed by atoms with E-state index in [9.17, 15) is 0 Å². The second kappa shape index (κ2) is 6.95.